The van der Waals surface area contributed by atoms with Gasteiger partial charge in [0.15, 0.2) is 0 Å². The molecule has 9 heteroatoms. The van der Waals surface area contributed by atoms with Crippen molar-refractivity contribution >= 4 is 40.9 Å². The van der Waals surface area contributed by atoms with Crippen molar-refractivity contribution in [3.63, 3.8) is 0 Å². The molecule has 4 rings (SSSR count). The van der Waals surface area contributed by atoms with Crippen LogP contribution in [0.4, 0.5) is 11.4 Å². The Hall–Kier alpha value is -4.81. The molecular weight excluding hydrogens is 536 g/mol. The highest BCUT2D eigenvalue weighted by molar-refractivity contribution is 8.03. The Balaban J connectivity index is 1.57. The lowest BCUT2D eigenvalue weighted by Crippen LogP contribution is -2.31. The third-order valence-electron chi connectivity index (χ3n) is 6.36. The molecule has 0 aromatic heterocycles. The number of carbonyl (C=O) groups excluding carboxylic acids is 3. The van der Waals surface area contributed by atoms with Gasteiger partial charge in [-0.2, -0.15) is 5.26 Å². The lowest BCUT2D eigenvalue weighted by atomic mass is 9.82. The van der Waals surface area contributed by atoms with Crippen molar-refractivity contribution in [1.82, 2.24) is 5.32 Å². The van der Waals surface area contributed by atoms with E-state index in [0.717, 1.165) is 11.1 Å². The number of nitriles is 1. The smallest absolute Gasteiger partial charge is 0.338 e. The number of aryl methyl sites for hydroxylation is 1. The second kappa shape index (κ2) is 13.5. The molecule has 0 radical (unpaired) electrons. The number of ether oxygens (including phenoxy) is 1. The van der Waals surface area contributed by atoms with Crippen molar-refractivity contribution in [1.29, 1.82) is 5.26 Å². The fourth-order valence-corrected chi connectivity index (χ4v) is 5.27. The fraction of sp³-hybridized carbons (Fsp3) is 0.188. The molecule has 0 saturated carbocycles. The number of anilines is 2. The van der Waals surface area contributed by atoms with E-state index >= 15 is 0 Å². The Morgan fingerprint density at radius 2 is 1.56 bits per heavy atom. The molecule has 8 nitrogen and oxygen atoms in total. The van der Waals surface area contributed by atoms with Crippen LogP contribution in [-0.2, 0) is 14.3 Å². The highest BCUT2D eigenvalue weighted by Crippen LogP contribution is 2.41. The standard InChI is InChI=1S/C32H30N4O4S/c1-4-40-32(39)23-12-16-25(17-13-23)36-30(38)28-21(3)34-31(26(18-33)29(28)22-8-6-5-7-9-22)41-19-27(37)35-24-14-10-20(2)11-15-24/h5-17,29,34H,4,19H2,1-3H3,(H,35,37)(H,36,38). The van der Waals surface area contributed by atoms with Crippen molar-refractivity contribution in [2.75, 3.05) is 23.0 Å². The van der Waals surface area contributed by atoms with Crippen LogP contribution in [-0.4, -0.2) is 30.1 Å². The summed E-state index contributed by atoms with van der Waals surface area (Å²) in [6.07, 6.45) is 0. The van der Waals surface area contributed by atoms with Gasteiger partial charge in [-0.05, 0) is 62.7 Å². The lowest BCUT2D eigenvalue weighted by Gasteiger charge is -2.30. The predicted octanol–water partition coefficient (Wildman–Crippen LogP) is 5.88. The Labute approximate surface area is 243 Å². The van der Waals surface area contributed by atoms with Gasteiger partial charge in [0.2, 0.25) is 5.91 Å². The number of nitrogens with one attached hydrogen (secondary N) is 3. The molecule has 1 aliphatic heterocycles. The molecule has 0 aliphatic carbocycles. The summed E-state index contributed by atoms with van der Waals surface area (Å²) in [4.78, 5) is 38.3. The molecule has 3 aromatic carbocycles. The van der Waals surface area contributed by atoms with E-state index in [1.807, 2.05) is 61.5 Å². The summed E-state index contributed by atoms with van der Waals surface area (Å²) in [5, 5.41) is 19.7. The SMILES string of the molecule is CCOC(=O)c1ccc(NC(=O)C2=C(C)NC(SCC(=O)Nc3ccc(C)cc3)=C(C#N)C2c2ccccc2)cc1. The average molecular weight is 567 g/mol. The van der Waals surface area contributed by atoms with Gasteiger partial charge in [-0.25, -0.2) is 4.79 Å². The zero-order valence-corrected chi connectivity index (χ0v) is 23.8. The number of rotatable bonds is 9. The summed E-state index contributed by atoms with van der Waals surface area (Å²) in [5.74, 6) is -1.61. The lowest BCUT2D eigenvalue weighted by molar-refractivity contribution is -0.114. The molecule has 3 N–H and O–H groups in total. The molecule has 0 bridgehead atoms. The summed E-state index contributed by atoms with van der Waals surface area (Å²) >= 11 is 1.21. The van der Waals surface area contributed by atoms with E-state index in [0.29, 0.717) is 38.8 Å². The van der Waals surface area contributed by atoms with Crippen LogP contribution in [0.1, 0.15) is 41.3 Å². The number of esters is 1. The molecule has 41 heavy (non-hydrogen) atoms. The van der Waals surface area contributed by atoms with Crippen molar-refractivity contribution in [2.24, 2.45) is 0 Å². The second-order valence-corrected chi connectivity index (χ2v) is 10.3. The number of hydrogen-bond acceptors (Lipinski definition) is 7. The molecule has 208 valence electrons. The molecule has 3 aromatic rings. The van der Waals surface area contributed by atoms with Crippen molar-refractivity contribution in [2.45, 2.75) is 26.7 Å². The van der Waals surface area contributed by atoms with Gasteiger partial charge in [-0.3, -0.25) is 9.59 Å². The third-order valence-corrected chi connectivity index (χ3v) is 7.38. The van der Waals surface area contributed by atoms with Gasteiger partial charge in [0.05, 0.1) is 40.5 Å². The summed E-state index contributed by atoms with van der Waals surface area (Å²) in [6.45, 7) is 5.75. The predicted molar refractivity (Wildman–Crippen MR) is 161 cm³/mol. The van der Waals surface area contributed by atoms with Crippen LogP contribution in [0.2, 0.25) is 0 Å². The fourth-order valence-electron chi connectivity index (χ4n) is 4.38. The first-order valence-electron chi connectivity index (χ1n) is 13.1. The molecule has 1 unspecified atom stereocenters. The largest absolute Gasteiger partial charge is 0.462 e. The second-order valence-electron chi connectivity index (χ2n) is 9.32. The van der Waals surface area contributed by atoms with Gasteiger partial charge in [-0.15, -0.1) is 0 Å². The van der Waals surface area contributed by atoms with E-state index in [2.05, 4.69) is 22.0 Å². The molecule has 1 aliphatic rings. The molecule has 1 atom stereocenters. The minimum atomic E-state index is -0.649. The number of amides is 2. The van der Waals surface area contributed by atoms with E-state index in [4.69, 9.17) is 4.74 Å². The highest BCUT2D eigenvalue weighted by atomic mass is 32.2. The molecule has 0 saturated heterocycles. The maximum Gasteiger partial charge on any atom is 0.338 e. The first kappa shape index (κ1) is 29.2. The van der Waals surface area contributed by atoms with E-state index in [1.165, 1.54) is 11.8 Å². The maximum atomic E-state index is 13.6. The number of nitrogens with zero attached hydrogens (tertiary/aromatic N) is 1. The molecular formula is C32H30N4O4S. The van der Waals surface area contributed by atoms with Gasteiger partial charge < -0.3 is 20.7 Å². The number of dihydropyridines is 1. The number of benzene rings is 3. The zero-order valence-electron chi connectivity index (χ0n) is 23.0. The average Bonchev–Trinajstić information content (AvgIpc) is 2.97. The molecule has 2 amide bonds. The molecule has 0 spiro atoms. The quantitative estimate of drug-likeness (QED) is 0.277. The third kappa shape index (κ3) is 7.24. The van der Waals surface area contributed by atoms with Crippen molar-refractivity contribution in [3.05, 3.63) is 117 Å². The van der Waals surface area contributed by atoms with E-state index < -0.39 is 11.9 Å². The maximum absolute atomic E-state index is 13.6. The number of thioether (sulfide) groups is 1. The minimum Gasteiger partial charge on any atom is -0.462 e. The minimum absolute atomic E-state index is 0.0739. The Morgan fingerprint density at radius 3 is 2.20 bits per heavy atom. The van der Waals surface area contributed by atoms with Crippen LogP contribution < -0.4 is 16.0 Å². The Bertz CT molecular complexity index is 1540. The number of carbonyl (C=O) groups is 3. The van der Waals surface area contributed by atoms with Gasteiger partial charge in [0, 0.05) is 22.6 Å². The first-order valence-corrected chi connectivity index (χ1v) is 14.0. The van der Waals surface area contributed by atoms with Gasteiger partial charge >= 0.3 is 5.97 Å². The topological polar surface area (TPSA) is 120 Å². The molecule has 0 fully saturated rings. The summed E-state index contributed by atoms with van der Waals surface area (Å²) in [5.41, 5.74) is 4.73. The zero-order chi connectivity index (χ0) is 29.4. The van der Waals surface area contributed by atoms with E-state index in [1.54, 1.807) is 38.1 Å². The number of hydrogen-bond donors (Lipinski definition) is 3. The van der Waals surface area contributed by atoms with Gasteiger partial charge in [0.1, 0.15) is 0 Å². The summed E-state index contributed by atoms with van der Waals surface area (Å²) in [6, 6.07) is 25.5. The van der Waals surface area contributed by atoms with Crippen LogP contribution in [0.15, 0.2) is 101 Å². The van der Waals surface area contributed by atoms with Gasteiger partial charge in [-0.1, -0.05) is 59.8 Å². The van der Waals surface area contributed by atoms with Crippen LogP contribution >= 0.6 is 11.8 Å². The van der Waals surface area contributed by atoms with Crippen LogP contribution in [0.5, 0.6) is 0 Å². The normalized spacial score (nSPS) is 14.5. The highest BCUT2D eigenvalue weighted by Gasteiger charge is 2.34. The Morgan fingerprint density at radius 1 is 0.927 bits per heavy atom. The number of allylic oxidation sites excluding steroid dienone is 2. The van der Waals surface area contributed by atoms with E-state index in [-0.39, 0.29) is 24.2 Å². The van der Waals surface area contributed by atoms with E-state index in [9.17, 15) is 19.6 Å². The van der Waals surface area contributed by atoms with Crippen LogP contribution in [0, 0.1) is 18.3 Å². The van der Waals surface area contributed by atoms with Crippen LogP contribution in [0.25, 0.3) is 0 Å². The van der Waals surface area contributed by atoms with Crippen molar-refractivity contribution < 1.29 is 19.1 Å². The van der Waals surface area contributed by atoms with Crippen LogP contribution in [0.3, 0.4) is 0 Å². The summed E-state index contributed by atoms with van der Waals surface area (Å²) < 4.78 is 5.02. The first-order chi connectivity index (χ1) is 19.8. The van der Waals surface area contributed by atoms with Gasteiger partial charge in [0.25, 0.3) is 5.91 Å². The summed E-state index contributed by atoms with van der Waals surface area (Å²) in [7, 11) is 0. The molecule has 1 heterocycles. The monoisotopic (exact) mass is 566 g/mol. The Kier molecular flexibility index (Phi) is 9.61. The van der Waals surface area contributed by atoms with Crippen molar-refractivity contribution in [3.8, 4) is 6.07 Å².